The lowest BCUT2D eigenvalue weighted by atomic mass is 10.1. The van der Waals surface area contributed by atoms with Crippen molar-refractivity contribution in [3.05, 3.63) is 35.9 Å². The van der Waals surface area contributed by atoms with Crippen LogP contribution in [-0.4, -0.2) is 25.6 Å². The molecule has 0 saturated heterocycles. The molecule has 2 rings (SSSR count). The number of ether oxygens (including phenoxy) is 1. The Morgan fingerprint density at radius 2 is 1.91 bits per heavy atom. The van der Waals surface area contributed by atoms with E-state index in [2.05, 4.69) is 4.74 Å². The fourth-order valence-corrected chi connectivity index (χ4v) is 3.46. The van der Waals surface area contributed by atoms with Gasteiger partial charge in [-0.05, 0) is 36.1 Å². The second-order valence-corrected chi connectivity index (χ2v) is 8.00. The fourth-order valence-electron chi connectivity index (χ4n) is 2.55. The molecule has 1 aromatic rings. The molecule has 1 fully saturated rings. The van der Waals surface area contributed by atoms with Crippen LogP contribution in [0.15, 0.2) is 30.3 Å². The molecule has 8 heteroatoms. The number of benzene rings is 1. The van der Waals surface area contributed by atoms with Crippen molar-refractivity contribution in [3.8, 4) is 0 Å². The van der Waals surface area contributed by atoms with E-state index in [-0.39, 0.29) is 12.2 Å². The minimum absolute atomic E-state index is 0.0782. The maximum atomic E-state index is 14.2. The average Bonchev–Trinajstić information content (AvgIpc) is 3.00. The van der Waals surface area contributed by atoms with E-state index >= 15 is 0 Å². The molecule has 5 nitrogen and oxygen atoms in total. The van der Waals surface area contributed by atoms with Crippen molar-refractivity contribution in [2.75, 3.05) is 6.61 Å². The van der Waals surface area contributed by atoms with E-state index < -0.39 is 20.6 Å². The predicted molar refractivity (Wildman–Crippen MR) is 85.0 cm³/mol. The SMILES string of the molecule is O=C(NS(=O)(=O)C(F)(Cl)OCCC1CCCC1)c1ccccc1. The highest BCUT2D eigenvalue weighted by atomic mass is 35.5. The van der Waals surface area contributed by atoms with E-state index in [9.17, 15) is 17.6 Å². The number of rotatable bonds is 7. The van der Waals surface area contributed by atoms with Crippen LogP contribution in [0.5, 0.6) is 0 Å². The molecule has 0 heterocycles. The Bertz CT molecular complexity index is 630. The van der Waals surface area contributed by atoms with Gasteiger partial charge in [-0.3, -0.25) is 4.79 Å². The first-order valence-corrected chi connectivity index (χ1v) is 9.31. The van der Waals surface area contributed by atoms with E-state index in [0.29, 0.717) is 12.3 Å². The number of hydrogen-bond donors (Lipinski definition) is 1. The maximum absolute atomic E-state index is 14.2. The predicted octanol–water partition coefficient (Wildman–Crippen LogP) is 3.16. The highest BCUT2D eigenvalue weighted by Gasteiger charge is 2.45. The highest BCUT2D eigenvalue weighted by molar-refractivity contribution is 7.92. The first-order chi connectivity index (χ1) is 10.8. The Morgan fingerprint density at radius 1 is 1.30 bits per heavy atom. The van der Waals surface area contributed by atoms with E-state index in [1.165, 1.54) is 12.1 Å². The lowest BCUT2D eigenvalue weighted by Gasteiger charge is -2.20. The van der Waals surface area contributed by atoms with Crippen LogP contribution in [-0.2, 0) is 14.8 Å². The van der Waals surface area contributed by atoms with Gasteiger partial charge in [0.2, 0.25) is 0 Å². The van der Waals surface area contributed by atoms with E-state index in [0.717, 1.165) is 25.7 Å². The summed E-state index contributed by atoms with van der Waals surface area (Å²) in [5.41, 5.74) is 0.0782. The second kappa shape index (κ2) is 7.59. The van der Waals surface area contributed by atoms with E-state index in [1.54, 1.807) is 22.9 Å². The summed E-state index contributed by atoms with van der Waals surface area (Å²) in [6.07, 6.45) is 4.85. The summed E-state index contributed by atoms with van der Waals surface area (Å²) >= 11 is 5.35. The first-order valence-electron chi connectivity index (χ1n) is 7.45. The van der Waals surface area contributed by atoms with Crippen LogP contribution >= 0.6 is 11.6 Å². The first kappa shape index (κ1) is 18.2. The van der Waals surface area contributed by atoms with Crippen LogP contribution in [0.1, 0.15) is 42.5 Å². The van der Waals surface area contributed by atoms with Crippen molar-refractivity contribution < 1.29 is 22.3 Å². The molecular formula is C15H19ClFNO4S. The van der Waals surface area contributed by atoms with Gasteiger partial charge in [-0.1, -0.05) is 43.9 Å². The van der Waals surface area contributed by atoms with Crippen molar-refractivity contribution in [3.63, 3.8) is 0 Å². The molecule has 0 aromatic heterocycles. The van der Waals surface area contributed by atoms with Crippen molar-refractivity contribution in [1.29, 1.82) is 0 Å². The molecule has 1 aliphatic carbocycles. The van der Waals surface area contributed by atoms with Crippen LogP contribution in [0.25, 0.3) is 0 Å². The Hall–Kier alpha value is -1.18. The number of sulfonamides is 1. The van der Waals surface area contributed by atoms with Crippen LogP contribution < -0.4 is 4.72 Å². The Labute approximate surface area is 140 Å². The maximum Gasteiger partial charge on any atom is 0.409 e. The Balaban J connectivity index is 1.92. The normalized spacial score (nSPS) is 18.5. The lowest BCUT2D eigenvalue weighted by molar-refractivity contribution is -0.0197. The van der Waals surface area contributed by atoms with E-state index in [4.69, 9.17) is 11.6 Å². The van der Waals surface area contributed by atoms with Crippen LogP contribution in [0, 0.1) is 5.92 Å². The Morgan fingerprint density at radius 3 is 2.52 bits per heavy atom. The topological polar surface area (TPSA) is 72.5 Å². The molecule has 0 radical (unpaired) electrons. The number of carbonyl (C=O) groups is 1. The Kier molecular flexibility index (Phi) is 6.00. The number of carbonyl (C=O) groups excluding carboxylic acids is 1. The summed E-state index contributed by atoms with van der Waals surface area (Å²) in [7, 11) is -4.83. The summed E-state index contributed by atoms with van der Waals surface area (Å²) < 4.78 is 40.8. The summed E-state index contributed by atoms with van der Waals surface area (Å²) in [5, 5.41) is 0. The standard InChI is InChI=1S/C15H19ClFNO4S/c16-15(17,22-11-10-12-6-4-5-7-12)23(20,21)18-14(19)13-8-2-1-3-9-13/h1-3,8-9,12H,4-7,10-11H2,(H,18,19). The third kappa shape index (κ3) is 4.89. The molecule has 1 N–H and O–H groups in total. The molecule has 1 saturated carbocycles. The molecule has 0 aliphatic heterocycles. The molecule has 128 valence electrons. The number of amides is 1. The van der Waals surface area contributed by atoms with Gasteiger partial charge in [-0.15, -0.1) is 0 Å². The fraction of sp³-hybridized carbons (Fsp3) is 0.533. The van der Waals surface area contributed by atoms with Gasteiger partial charge in [0, 0.05) is 5.56 Å². The third-order valence-electron chi connectivity index (χ3n) is 3.85. The van der Waals surface area contributed by atoms with Gasteiger partial charge in [0.15, 0.2) is 0 Å². The highest BCUT2D eigenvalue weighted by Crippen LogP contribution is 2.30. The summed E-state index contributed by atoms with van der Waals surface area (Å²) in [6, 6.07) is 7.59. The average molecular weight is 364 g/mol. The van der Waals surface area contributed by atoms with Crippen LogP contribution in [0.2, 0.25) is 0 Å². The van der Waals surface area contributed by atoms with Crippen LogP contribution in [0.4, 0.5) is 4.39 Å². The molecule has 1 unspecified atom stereocenters. The number of alkyl halides is 2. The molecular weight excluding hydrogens is 345 g/mol. The van der Waals surface area contributed by atoms with Crippen LogP contribution in [0.3, 0.4) is 0 Å². The van der Waals surface area contributed by atoms with Gasteiger partial charge in [0.1, 0.15) is 0 Å². The summed E-state index contributed by atoms with van der Waals surface area (Å²) in [5.74, 6) is -0.559. The second-order valence-electron chi connectivity index (χ2n) is 5.55. The van der Waals surface area contributed by atoms with Gasteiger partial charge >= 0.3 is 14.7 Å². The van der Waals surface area contributed by atoms with Gasteiger partial charge in [-0.25, -0.2) is 4.72 Å². The summed E-state index contributed by atoms with van der Waals surface area (Å²) in [6.45, 7) is -0.120. The molecule has 23 heavy (non-hydrogen) atoms. The number of nitrogens with one attached hydrogen (secondary N) is 1. The van der Waals surface area contributed by atoms with Crippen molar-refractivity contribution >= 4 is 27.5 Å². The van der Waals surface area contributed by atoms with E-state index in [1.807, 2.05) is 0 Å². The molecule has 1 aromatic carbocycles. The van der Waals surface area contributed by atoms with Crippen molar-refractivity contribution in [2.45, 2.75) is 36.8 Å². The van der Waals surface area contributed by atoms with Gasteiger partial charge < -0.3 is 4.74 Å². The largest absolute Gasteiger partial charge is 0.409 e. The quantitative estimate of drug-likeness (QED) is 0.755. The minimum Gasteiger partial charge on any atom is -0.320 e. The molecule has 0 bridgehead atoms. The lowest BCUT2D eigenvalue weighted by Crippen LogP contribution is -2.44. The van der Waals surface area contributed by atoms with Crippen molar-refractivity contribution in [1.82, 2.24) is 4.72 Å². The zero-order valence-corrected chi connectivity index (χ0v) is 14.1. The zero-order valence-electron chi connectivity index (χ0n) is 12.5. The number of halogens is 2. The minimum atomic E-state index is -4.83. The van der Waals surface area contributed by atoms with Gasteiger partial charge in [0.05, 0.1) is 6.61 Å². The monoisotopic (exact) mass is 363 g/mol. The van der Waals surface area contributed by atoms with Gasteiger partial charge in [-0.2, -0.15) is 12.8 Å². The van der Waals surface area contributed by atoms with Crippen molar-refractivity contribution in [2.24, 2.45) is 5.92 Å². The molecule has 0 spiro atoms. The molecule has 1 amide bonds. The summed E-state index contributed by atoms with van der Waals surface area (Å²) in [4.78, 5) is 11.8. The molecule has 1 atom stereocenters. The van der Waals surface area contributed by atoms with Gasteiger partial charge in [0.25, 0.3) is 5.91 Å². The molecule has 1 aliphatic rings. The zero-order chi connectivity index (χ0) is 16.9. The number of hydrogen-bond acceptors (Lipinski definition) is 4. The smallest absolute Gasteiger partial charge is 0.320 e. The third-order valence-corrected chi connectivity index (χ3v) is 5.76.